The standard InChI is InChI=1S/C15H11N3/c16-10-15(11-17)14-6-8-18(9-7-14)12-13-4-2-1-3-5-13/h1-9H,12H2. The van der Waals surface area contributed by atoms with Gasteiger partial charge in [0.1, 0.15) is 17.7 Å². The Morgan fingerprint density at radius 3 is 2.17 bits per heavy atom. The fourth-order valence-corrected chi connectivity index (χ4v) is 1.68. The number of allylic oxidation sites excluding steroid dienone is 4. The maximum atomic E-state index is 8.77. The molecule has 0 atom stereocenters. The Morgan fingerprint density at radius 1 is 1.00 bits per heavy atom. The number of rotatable bonds is 2. The van der Waals surface area contributed by atoms with Crippen molar-refractivity contribution < 1.29 is 0 Å². The summed E-state index contributed by atoms with van der Waals surface area (Å²) in [6, 6.07) is 13.9. The molecule has 86 valence electrons. The Hall–Kier alpha value is -2.78. The monoisotopic (exact) mass is 233 g/mol. The van der Waals surface area contributed by atoms with Crippen LogP contribution in [0.25, 0.3) is 0 Å². The molecule has 0 radical (unpaired) electrons. The topological polar surface area (TPSA) is 50.8 Å². The van der Waals surface area contributed by atoms with E-state index in [2.05, 4.69) is 12.1 Å². The zero-order valence-electron chi connectivity index (χ0n) is 9.74. The maximum Gasteiger partial charge on any atom is 0.136 e. The van der Waals surface area contributed by atoms with E-state index in [9.17, 15) is 0 Å². The van der Waals surface area contributed by atoms with Crippen LogP contribution in [0.5, 0.6) is 0 Å². The number of hydrogen-bond donors (Lipinski definition) is 0. The molecule has 1 aromatic rings. The molecular weight excluding hydrogens is 222 g/mol. The lowest BCUT2D eigenvalue weighted by atomic mass is 10.1. The SMILES string of the molecule is N#CC(C#N)=C1C=CN(Cc2ccccc2)C=C1. The minimum Gasteiger partial charge on any atom is -0.350 e. The van der Waals surface area contributed by atoms with Crippen LogP contribution in [0.15, 0.2) is 66.0 Å². The van der Waals surface area contributed by atoms with Crippen molar-refractivity contribution in [2.75, 3.05) is 0 Å². The molecule has 2 rings (SSSR count). The van der Waals surface area contributed by atoms with Crippen molar-refractivity contribution in [2.45, 2.75) is 6.54 Å². The van der Waals surface area contributed by atoms with E-state index in [0.29, 0.717) is 5.57 Å². The highest BCUT2D eigenvalue weighted by Gasteiger charge is 2.05. The highest BCUT2D eigenvalue weighted by molar-refractivity contribution is 5.50. The summed E-state index contributed by atoms with van der Waals surface area (Å²) >= 11 is 0. The number of benzene rings is 1. The molecule has 3 heteroatoms. The molecule has 0 aliphatic carbocycles. The summed E-state index contributed by atoms with van der Waals surface area (Å²) in [7, 11) is 0. The van der Waals surface area contributed by atoms with E-state index >= 15 is 0 Å². The van der Waals surface area contributed by atoms with Crippen LogP contribution in [0, 0.1) is 22.7 Å². The second-order valence-electron chi connectivity index (χ2n) is 3.84. The van der Waals surface area contributed by atoms with Crippen LogP contribution in [0.2, 0.25) is 0 Å². The van der Waals surface area contributed by atoms with E-state index in [-0.39, 0.29) is 5.57 Å². The van der Waals surface area contributed by atoms with Gasteiger partial charge in [0.2, 0.25) is 0 Å². The van der Waals surface area contributed by atoms with Crippen LogP contribution < -0.4 is 0 Å². The van der Waals surface area contributed by atoms with Crippen LogP contribution in [-0.2, 0) is 6.54 Å². The van der Waals surface area contributed by atoms with Crippen molar-refractivity contribution in [3.63, 3.8) is 0 Å². The van der Waals surface area contributed by atoms with Crippen molar-refractivity contribution >= 4 is 0 Å². The van der Waals surface area contributed by atoms with E-state index in [1.165, 1.54) is 5.56 Å². The predicted octanol–water partition coefficient (Wildman–Crippen LogP) is 2.87. The molecule has 0 amide bonds. The molecule has 0 saturated heterocycles. The average molecular weight is 233 g/mol. The molecule has 18 heavy (non-hydrogen) atoms. The summed E-state index contributed by atoms with van der Waals surface area (Å²) in [5.41, 5.74) is 2.01. The normalized spacial score (nSPS) is 13.0. The Morgan fingerprint density at radius 2 is 1.61 bits per heavy atom. The Labute approximate surface area is 106 Å². The molecule has 0 bridgehead atoms. The molecule has 0 spiro atoms. The number of nitriles is 2. The van der Waals surface area contributed by atoms with Crippen LogP contribution in [-0.4, -0.2) is 4.90 Å². The first kappa shape index (κ1) is 11.7. The van der Waals surface area contributed by atoms with Crippen molar-refractivity contribution in [3.05, 3.63) is 71.6 Å². The first-order valence-electron chi connectivity index (χ1n) is 5.54. The van der Waals surface area contributed by atoms with Gasteiger partial charge in [0, 0.05) is 24.5 Å². The number of hydrogen-bond acceptors (Lipinski definition) is 3. The lowest BCUT2D eigenvalue weighted by Gasteiger charge is -2.18. The second kappa shape index (κ2) is 5.52. The van der Waals surface area contributed by atoms with Gasteiger partial charge in [0.15, 0.2) is 0 Å². The fraction of sp³-hybridized carbons (Fsp3) is 0.0667. The summed E-state index contributed by atoms with van der Waals surface area (Å²) in [5.74, 6) is 0. The highest BCUT2D eigenvalue weighted by Crippen LogP contribution is 2.15. The van der Waals surface area contributed by atoms with Crippen molar-refractivity contribution in [3.8, 4) is 12.1 Å². The van der Waals surface area contributed by atoms with Crippen LogP contribution in [0.3, 0.4) is 0 Å². The third-order valence-corrected chi connectivity index (χ3v) is 2.61. The molecule has 0 unspecified atom stereocenters. The zero-order chi connectivity index (χ0) is 12.8. The van der Waals surface area contributed by atoms with E-state index < -0.39 is 0 Å². The largest absolute Gasteiger partial charge is 0.350 e. The van der Waals surface area contributed by atoms with Gasteiger partial charge < -0.3 is 4.90 Å². The van der Waals surface area contributed by atoms with Crippen LogP contribution >= 0.6 is 0 Å². The van der Waals surface area contributed by atoms with Gasteiger partial charge in [0.25, 0.3) is 0 Å². The molecule has 0 N–H and O–H groups in total. The molecule has 1 aliphatic rings. The first-order chi connectivity index (χ1) is 8.83. The molecule has 0 aromatic heterocycles. The third kappa shape index (κ3) is 2.66. The summed E-state index contributed by atoms with van der Waals surface area (Å²) in [5, 5.41) is 17.5. The molecule has 1 aliphatic heterocycles. The van der Waals surface area contributed by atoms with Gasteiger partial charge >= 0.3 is 0 Å². The maximum absolute atomic E-state index is 8.77. The summed E-state index contributed by atoms with van der Waals surface area (Å²) < 4.78 is 0. The van der Waals surface area contributed by atoms with Gasteiger partial charge in [-0.1, -0.05) is 30.3 Å². The van der Waals surface area contributed by atoms with Gasteiger partial charge in [-0.2, -0.15) is 10.5 Å². The highest BCUT2D eigenvalue weighted by atomic mass is 15.1. The van der Waals surface area contributed by atoms with E-state index in [1.54, 1.807) is 12.2 Å². The molecule has 0 saturated carbocycles. The van der Waals surface area contributed by atoms with E-state index in [1.807, 2.05) is 47.6 Å². The van der Waals surface area contributed by atoms with E-state index in [0.717, 1.165) is 6.54 Å². The molecule has 3 nitrogen and oxygen atoms in total. The second-order valence-corrected chi connectivity index (χ2v) is 3.84. The quantitative estimate of drug-likeness (QED) is 0.738. The van der Waals surface area contributed by atoms with E-state index in [4.69, 9.17) is 10.5 Å². The molecular formula is C15H11N3. The van der Waals surface area contributed by atoms with Gasteiger partial charge in [0.05, 0.1) is 0 Å². The Balaban J connectivity index is 2.10. The minimum atomic E-state index is 0.141. The summed E-state index contributed by atoms with van der Waals surface area (Å²) in [4.78, 5) is 2.01. The van der Waals surface area contributed by atoms with Crippen molar-refractivity contribution in [2.24, 2.45) is 0 Å². The lowest BCUT2D eigenvalue weighted by Crippen LogP contribution is -2.11. The van der Waals surface area contributed by atoms with Gasteiger partial charge in [-0.05, 0) is 17.7 Å². The Bertz CT molecular complexity index is 563. The zero-order valence-corrected chi connectivity index (χ0v) is 9.74. The third-order valence-electron chi connectivity index (χ3n) is 2.61. The molecule has 1 heterocycles. The summed E-state index contributed by atoms with van der Waals surface area (Å²) in [6.45, 7) is 0.773. The van der Waals surface area contributed by atoms with Crippen LogP contribution in [0.1, 0.15) is 5.56 Å². The summed E-state index contributed by atoms with van der Waals surface area (Å²) in [6.07, 6.45) is 7.31. The number of nitrogens with zero attached hydrogens (tertiary/aromatic N) is 3. The van der Waals surface area contributed by atoms with Crippen molar-refractivity contribution in [1.82, 2.24) is 4.90 Å². The average Bonchev–Trinajstić information content (AvgIpc) is 2.43. The minimum absolute atomic E-state index is 0.141. The van der Waals surface area contributed by atoms with Crippen LogP contribution in [0.4, 0.5) is 0 Å². The van der Waals surface area contributed by atoms with Gasteiger partial charge in [-0.25, -0.2) is 0 Å². The fourth-order valence-electron chi connectivity index (χ4n) is 1.68. The lowest BCUT2D eigenvalue weighted by molar-refractivity contribution is 0.497. The Kier molecular flexibility index (Phi) is 3.59. The van der Waals surface area contributed by atoms with Gasteiger partial charge in [-0.15, -0.1) is 0 Å². The predicted molar refractivity (Wildman–Crippen MR) is 68.5 cm³/mol. The van der Waals surface area contributed by atoms with Gasteiger partial charge in [-0.3, -0.25) is 0 Å². The molecule has 1 aromatic carbocycles. The van der Waals surface area contributed by atoms with Crippen molar-refractivity contribution in [1.29, 1.82) is 10.5 Å². The smallest absolute Gasteiger partial charge is 0.136 e. The first-order valence-corrected chi connectivity index (χ1v) is 5.54. The molecule has 0 fully saturated rings.